The second-order valence-corrected chi connectivity index (χ2v) is 8.16. The number of ether oxygens (including phenoxy) is 2. The number of amides is 2. The van der Waals surface area contributed by atoms with Crippen molar-refractivity contribution in [2.45, 2.75) is 18.2 Å². The van der Waals surface area contributed by atoms with Gasteiger partial charge < -0.3 is 20.5 Å². The van der Waals surface area contributed by atoms with E-state index in [-0.39, 0.29) is 12.0 Å². The van der Waals surface area contributed by atoms with Gasteiger partial charge in [-0.2, -0.15) is 0 Å². The van der Waals surface area contributed by atoms with Gasteiger partial charge in [-0.25, -0.2) is 9.97 Å². The quantitative estimate of drug-likeness (QED) is 0.399. The number of aromatic nitrogens is 3. The minimum atomic E-state index is -1.89. The fourth-order valence-electron chi connectivity index (χ4n) is 4.08. The van der Waals surface area contributed by atoms with Crippen LogP contribution in [0.25, 0.3) is 17.1 Å². The van der Waals surface area contributed by atoms with Crippen molar-refractivity contribution in [1.29, 1.82) is 0 Å². The van der Waals surface area contributed by atoms with Crippen LogP contribution in [-0.2, 0) is 20.7 Å². The number of rotatable bonds is 8. The van der Waals surface area contributed by atoms with E-state index < -0.39 is 23.6 Å². The van der Waals surface area contributed by atoms with Crippen molar-refractivity contribution in [2.24, 2.45) is 5.73 Å². The van der Waals surface area contributed by atoms with Gasteiger partial charge in [0.25, 0.3) is 5.91 Å². The molecule has 9 heteroatoms. The van der Waals surface area contributed by atoms with E-state index >= 15 is 0 Å². The molecule has 1 aliphatic heterocycles. The molecule has 3 N–H and O–H groups in total. The van der Waals surface area contributed by atoms with E-state index in [2.05, 4.69) is 15.3 Å². The topological polar surface area (TPSA) is 121 Å². The maximum atomic E-state index is 13.6. The molecule has 0 bridgehead atoms. The van der Waals surface area contributed by atoms with Crippen molar-refractivity contribution in [1.82, 2.24) is 19.9 Å². The first-order chi connectivity index (χ1) is 17.6. The van der Waals surface area contributed by atoms with E-state index in [1.807, 2.05) is 60.7 Å². The summed E-state index contributed by atoms with van der Waals surface area (Å²) in [5.74, 6) is -2.85. The lowest BCUT2D eigenvalue weighted by atomic mass is 9.97. The average molecular weight is 482 g/mol. The largest absolute Gasteiger partial charge is 0.447 e. The number of hydrogen-bond donors (Lipinski definition) is 2. The fraction of sp³-hybridized carbons (Fsp3) is 0.111. The van der Waals surface area contributed by atoms with Crippen molar-refractivity contribution in [2.75, 3.05) is 0 Å². The highest BCUT2D eigenvalue weighted by Gasteiger charge is 2.51. The first-order valence-electron chi connectivity index (χ1n) is 11.3. The van der Waals surface area contributed by atoms with Gasteiger partial charge in [-0.05, 0) is 17.7 Å². The number of nitrogens with two attached hydrogens (primary N) is 1. The third kappa shape index (κ3) is 4.41. The zero-order valence-electron chi connectivity index (χ0n) is 19.2. The molecule has 0 saturated heterocycles. The van der Waals surface area contributed by atoms with Gasteiger partial charge in [-0.15, -0.1) is 0 Å². The maximum absolute atomic E-state index is 13.6. The van der Waals surface area contributed by atoms with E-state index in [4.69, 9.17) is 15.2 Å². The first-order valence-corrected chi connectivity index (χ1v) is 11.3. The molecule has 0 saturated carbocycles. The molecule has 1 aliphatic rings. The number of benzene rings is 2. The molecule has 0 aliphatic carbocycles. The molecule has 2 aromatic heterocycles. The highest BCUT2D eigenvalue weighted by atomic mass is 16.7. The lowest BCUT2D eigenvalue weighted by Gasteiger charge is -2.33. The summed E-state index contributed by atoms with van der Waals surface area (Å²) >= 11 is 0. The molecule has 0 fully saturated rings. The molecule has 1 unspecified atom stereocenters. The fourth-order valence-corrected chi connectivity index (χ4v) is 4.08. The molecular formula is C27H23N5O4. The van der Waals surface area contributed by atoms with E-state index in [1.54, 1.807) is 35.4 Å². The number of imidazole rings is 1. The third-order valence-electron chi connectivity index (χ3n) is 5.86. The molecule has 2 amide bonds. The van der Waals surface area contributed by atoms with Crippen LogP contribution in [0.3, 0.4) is 0 Å². The molecule has 3 heterocycles. The van der Waals surface area contributed by atoms with Crippen LogP contribution in [0.2, 0.25) is 0 Å². The summed E-state index contributed by atoms with van der Waals surface area (Å²) in [6.45, 7) is 0. The summed E-state index contributed by atoms with van der Waals surface area (Å²) in [7, 11) is 0. The van der Waals surface area contributed by atoms with Crippen LogP contribution in [0.15, 0.2) is 104 Å². The standard InChI is InChI=1S/C27H23N5O4/c28-26(34)27(35-14-15-36-27)23(16-19-8-3-1-4-9-19)31-25(33)21-12-7-13-29-24(21)32-17-22(30-18-32)20-10-5-2-6-11-20/h1-15,17-18,23H,16H2,(H2,28,34)(H,31,33). The summed E-state index contributed by atoms with van der Waals surface area (Å²) < 4.78 is 12.7. The number of nitrogens with one attached hydrogen (secondary N) is 1. The van der Waals surface area contributed by atoms with Crippen molar-refractivity contribution in [3.63, 3.8) is 0 Å². The molecule has 0 radical (unpaired) electrons. The summed E-state index contributed by atoms with van der Waals surface area (Å²) in [5, 5.41) is 2.89. The van der Waals surface area contributed by atoms with E-state index in [0.29, 0.717) is 5.82 Å². The number of pyridine rings is 1. The van der Waals surface area contributed by atoms with Crippen LogP contribution in [0.5, 0.6) is 0 Å². The van der Waals surface area contributed by atoms with E-state index in [9.17, 15) is 9.59 Å². The van der Waals surface area contributed by atoms with Gasteiger partial charge in [0.2, 0.25) is 0 Å². The minimum absolute atomic E-state index is 0.232. The third-order valence-corrected chi connectivity index (χ3v) is 5.86. The molecular weight excluding hydrogens is 458 g/mol. The summed E-state index contributed by atoms with van der Waals surface area (Å²) in [4.78, 5) is 34.9. The van der Waals surface area contributed by atoms with Crippen molar-refractivity contribution in [3.05, 3.63) is 115 Å². The number of nitrogens with zero attached hydrogens (tertiary/aromatic N) is 3. The molecule has 2 aromatic carbocycles. The van der Waals surface area contributed by atoms with Gasteiger partial charge in [-0.1, -0.05) is 60.7 Å². The monoisotopic (exact) mass is 481 g/mol. The molecule has 0 spiro atoms. The number of carbonyl (C=O) groups is 2. The first kappa shape index (κ1) is 22.9. The molecule has 5 rings (SSSR count). The maximum Gasteiger partial charge on any atom is 0.352 e. The van der Waals surface area contributed by atoms with E-state index in [0.717, 1.165) is 16.8 Å². The Morgan fingerprint density at radius 3 is 2.33 bits per heavy atom. The molecule has 9 nitrogen and oxygen atoms in total. The summed E-state index contributed by atoms with van der Waals surface area (Å²) in [6, 6.07) is 21.4. The number of hydrogen-bond acceptors (Lipinski definition) is 6. The van der Waals surface area contributed by atoms with Crippen molar-refractivity contribution in [3.8, 4) is 17.1 Å². The van der Waals surface area contributed by atoms with E-state index in [1.165, 1.54) is 12.5 Å². The number of carbonyl (C=O) groups excluding carboxylic acids is 2. The highest BCUT2D eigenvalue weighted by Crippen LogP contribution is 2.28. The van der Waals surface area contributed by atoms with Crippen LogP contribution in [-0.4, -0.2) is 38.2 Å². The summed E-state index contributed by atoms with van der Waals surface area (Å²) in [6.07, 6.45) is 7.70. The Balaban J connectivity index is 1.46. The van der Waals surface area contributed by atoms with Crippen LogP contribution in [0, 0.1) is 0 Å². The second-order valence-electron chi connectivity index (χ2n) is 8.16. The van der Waals surface area contributed by atoms with Gasteiger partial charge in [0, 0.05) is 24.4 Å². The van der Waals surface area contributed by atoms with Crippen LogP contribution in [0.1, 0.15) is 15.9 Å². The second kappa shape index (κ2) is 9.75. The molecule has 36 heavy (non-hydrogen) atoms. The smallest absolute Gasteiger partial charge is 0.352 e. The lowest BCUT2D eigenvalue weighted by molar-refractivity contribution is -0.182. The predicted molar refractivity (Wildman–Crippen MR) is 131 cm³/mol. The Morgan fingerprint density at radius 2 is 1.64 bits per heavy atom. The molecule has 1 atom stereocenters. The van der Waals surface area contributed by atoms with Crippen LogP contribution >= 0.6 is 0 Å². The zero-order valence-corrected chi connectivity index (χ0v) is 19.2. The Bertz CT molecular complexity index is 1390. The predicted octanol–water partition coefficient (Wildman–Crippen LogP) is 2.98. The number of primary amides is 1. The normalized spacial score (nSPS) is 14.4. The Hall–Kier alpha value is -4.92. The van der Waals surface area contributed by atoms with Crippen molar-refractivity contribution >= 4 is 11.8 Å². The van der Waals surface area contributed by atoms with Crippen LogP contribution < -0.4 is 11.1 Å². The van der Waals surface area contributed by atoms with Gasteiger partial charge >= 0.3 is 11.7 Å². The molecule has 4 aromatic rings. The van der Waals surface area contributed by atoms with Crippen molar-refractivity contribution < 1.29 is 19.1 Å². The Morgan fingerprint density at radius 1 is 0.944 bits per heavy atom. The molecule has 180 valence electrons. The van der Waals surface area contributed by atoms with Crippen LogP contribution in [0.4, 0.5) is 0 Å². The Kier molecular flexibility index (Phi) is 6.19. The van der Waals surface area contributed by atoms with Gasteiger partial charge in [0.05, 0.1) is 11.3 Å². The SMILES string of the molecule is NC(=O)C1(C(Cc2ccccc2)NC(=O)c2cccnc2-n2cnc(-c3ccccc3)c2)OC=CO1. The zero-order chi connectivity index (χ0) is 25.0. The van der Waals surface area contributed by atoms with Gasteiger partial charge in [-0.3, -0.25) is 14.2 Å². The average Bonchev–Trinajstić information content (AvgIpc) is 3.61. The minimum Gasteiger partial charge on any atom is -0.447 e. The Labute approximate surface area is 207 Å². The lowest BCUT2D eigenvalue weighted by Crippen LogP contribution is -2.61. The van der Waals surface area contributed by atoms with Gasteiger partial charge in [0.1, 0.15) is 24.9 Å². The van der Waals surface area contributed by atoms with Gasteiger partial charge in [0.15, 0.2) is 5.82 Å². The summed E-state index contributed by atoms with van der Waals surface area (Å²) in [5.41, 5.74) is 8.48. The highest BCUT2D eigenvalue weighted by molar-refractivity contribution is 5.98.